The zero-order chi connectivity index (χ0) is 14.5. The van der Waals surface area contributed by atoms with Crippen LogP contribution in [-0.2, 0) is 4.79 Å². The first kappa shape index (κ1) is 14.9. The Morgan fingerprint density at radius 2 is 1.70 bits per heavy atom. The lowest BCUT2D eigenvalue weighted by Gasteiger charge is -2.13. The first-order chi connectivity index (χ1) is 9.58. The lowest BCUT2D eigenvalue weighted by atomic mass is 10.0. The average molecular weight is 305 g/mol. The number of thioether (sulfide) groups is 1. The van der Waals surface area contributed by atoms with E-state index in [-0.39, 0.29) is 10.7 Å². The normalized spacial score (nSPS) is 11.9. The van der Waals surface area contributed by atoms with Crippen molar-refractivity contribution in [3.05, 3.63) is 77.3 Å². The van der Waals surface area contributed by atoms with Gasteiger partial charge in [0.2, 0.25) is 5.12 Å². The van der Waals surface area contributed by atoms with Gasteiger partial charge < -0.3 is 5.11 Å². The maximum Gasteiger partial charge on any atom is 0.222 e. The van der Waals surface area contributed by atoms with Gasteiger partial charge in [0.05, 0.1) is 0 Å². The summed E-state index contributed by atoms with van der Waals surface area (Å²) in [5.41, 5.74) is 0.752. The van der Waals surface area contributed by atoms with E-state index < -0.39 is 6.10 Å². The van der Waals surface area contributed by atoms with Crippen LogP contribution in [0.1, 0.15) is 11.7 Å². The Hall–Kier alpha value is -1.55. The third kappa shape index (κ3) is 3.73. The summed E-state index contributed by atoms with van der Waals surface area (Å²) in [4.78, 5) is 12.9. The van der Waals surface area contributed by atoms with Crippen molar-refractivity contribution >= 4 is 28.5 Å². The van der Waals surface area contributed by atoms with E-state index in [1.54, 1.807) is 24.3 Å². The summed E-state index contributed by atoms with van der Waals surface area (Å²) >= 11 is 6.84. The second kappa shape index (κ2) is 6.75. The molecule has 0 saturated heterocycles. The van der Waals surface area contributed by atoms with Crippen molar-refractivity contribution in [2.24, 2.45) is 0 Å². The van der Waals surface area contributed by atoms with Crippen LogP contribution in [0.4, 0.5) is 0 Å². The van der Waals surface area contributed by atoms with Crippen LogP contribution in [0.15, 0.2) is 71.6 Å². The molecular weight excluding hydrogens is 292 g/mol. The molecule has 0 aromatic heterocycles. The molecule has 2 rings (SSSR count). The number of benzene rings is 2. The minimum absolute atomic E-state index is 0.154. The van der Waals surface area contributed by atoms with E-state index in [0.29, 0.717) is 10.6 Å². The van der Waals surface area contributed by atoms with Crippen molar-refractivity contribution in [3.8, 4) is 0 Å². The average Bonchev–Trinajstić information content (AvgIpc) is 2.47. The summed E-state index contributed by atoms with van der Waals surface area (Å²) in [5.74, 6) is 0. The Kier molecular flexibility index (Phi) is 5.01. The monoisotopic (exact) mass is 304 g/mol. The predicted octanol–water partition coefficient (Wildman–Crippen LogP) is 4.25. The lowest BCUT2D eigenvalue weighted by Crippen LogP contribution is -2.07. The Balaban J connectivity index is 2.06. The largest absolute Gasteiger partial charge is 0.384 e. The number of carbonyl (C=O) groups is 1. The van der Waals surface area contributed by atoms with Gasteiger partial charge in [0, 0.05) is 15.5 Å². The number of halogens is 1. The van der Waals surface area contributed by atoms with E-state index in [2.05, 4.69) is 6.58 Å². The molecule has 2 aromatic carbocycles. The third-order valence-electron chi connectivity index (χ3n) is 2.73. The van der Waals surface area contributed by atoms with E-state index >= 15 is 0 Å². The summed E-state index contributed by atoms with van der Waals surface area (Å²) in [6.45, 7) is 3.70. The molecule has 1 atom stereocenters. The van der Waals surface area contributed by atoms with E-state index in [9.17, 15) is 9.90 Å². The van der Waals surface area contributed by atoms with Crippen LogP contribution < -0.4 is 0 Å². The van der Waals surface area contributed by atoms with Crippen LogP contribution in [-0.4, -0.2) is 10.2 Å². The Labute approximate surface area is 127 Å². The molecule has 1 unspecified atom stereocenters. The Morgan fingerprint density at radius 3 is 2.30 bits per heavy atom. The zero-order valence-corrected chi connectivity index (χ0v) is 12.2. The Morgan fingerprint density at radius 1 is 1.10 bits per heavy atom. The molecule has 0 heterocycles. The first-order valence-electron chi connectivity index (χ1n) is 5.97. The molecule has 4 heteroatoms. The van der Waals surface area contributed by atoms with Crippen LogP contribution in [0, 0.1) is 0 Å². The van der Waals surface area contributed by atoms with Crippen molar-refractivity contribution in [1.29, 1.82) is 0 Å². The molecule has 0 saturated carbocycles. The van der Waals surface area contributed by atoms with Gasteiger partial charge >= 0.3 is 0 Å². The van der Waals surface area contributed by atoms with Crippen molar-refractivity contribution in [1.82, 2.24) is 0 Å². The maximum absolute atomic E-state index is 12.1. The molecule has 20 heavy (non-hydrogen) atoms. The van der Waals surface area contributed by atoms with Gasteiger partial charge in [-0.05, 0) is 41.6 Å². The molecule has 2 aromatic rings. The van der Waals surface area contributed by atoms with E-state index in [0.717, 1.165) is 16.7 Å². The number of hydrogen-bond donors (Lipinski definition) is 1. The smallest absolute Gasteiger partial charge is 0.222 e. The van der Waals surface area contributed by atoms with Crippen molar-refractivity contribution in [2.75, 3.05) is 0 Å². The van der Waals surface area contributed by atoms with Gasteiger partial charge in [0.15, 0.2) is 0 Å². The summed E-state index contributed by atoms with van der Waals surface area (Å²) in [6.07, 6.45) is -1.02. The highest BCUT2D eigenvalue weighted by Crippen LogP contribution is 2.29. The number of aliphatic hydroxyl groups excluding tert-OH is 1. The number of carbonyl (C=O) groups excluding carboxylic acids is 1. The minimum Gasteiger partial charge on any atom is -0.384 e. The molecule has 0 fully saturated rings. The fourth-order valence-corrected chi connectivity index (χ4v) is 2.50. The second-order valence-corrected chi connectivity index (χ2v) is 5.66. The van der Waals surface area contributed by atoms with Gasteiger partial charge in [-0.2, -0.15) is 0 Å². The van der Waals surface area contributed by atoms with E-state index in [1.165, 1.54) is 0 Å². The lowest BCUT2D eigenvalue weighted by molar-refractivity contribution is -0.108. The highest BCUT2D eigenvalue weighted by molar-refractivity contribution is 8.14. The molecule has 0 spiro atoms. The van der Waals surface area contributed by atoms with Crippen LogP contribution in [0.25, 0.3) is 0 Å². The van der Waals surface area contributed by atoms with Crippen LogP contribution >= 0.6 is 23.4 Å². The quantitative estimate of drug-likeness (QED) is 0.678. The summed E-state index contributed by atoms with van der Waals surface area (Å²) < 4.78 is 0. The molecule has 2 nitrogen and oxygen atoms in total. The molecule has 1 N–H and O–H groups in total. The van der Waals surface area contributed by atoms with Gasteiger partial charge in [-0.1, -0.05) is 48.5 Å². The van der Waals surface area contributed by atoms with Crippen molar-refractivity contribution < 1.29 is 9.90 Å². The van der Waals surface area contributed by atoms with Crippen molar-refractivity contribution in [2.45, 2.75) is 11.0 Å². The molecule has 0 aliphatic heterocycles. The number of aliphatic hydroxyl groups is 1. The van der Waals surface area contributed by atoms with Crippen molar-refractivity contribution in [3.63, 3.8) is 0 Å². The number of rotatable bonds is 4. The highest BCUT2D eigenvalue weighted by Gasteiger charge is 2.19. The summed E-state index contributed by atoms with van der Waals surface area (Å²) in [5, 5.41) is 10.5. The number of hydrogen-bond acceptors (Lipinski definition) is 3. The topological polar surface area (TPSA) is 37.3 Å². The maximum atomic E-state index is 12.1. The van der Waals surface area contributed by atoms with Gasteiger partial charge in [-0.15, -0.1) is 0 Å². The zero-order valence-electron chi connectivity index (χ0n) is 10.6. The molecule has 0 aliphatic rings. The van der Waals surface area contributed by atoms with Crippen LogP contribution in [0.5, 0.6) is 0 Å². The standard InChI is InChI=1S/C16H13ClO2S/c1-11(15(18)12-7-9-13(17)10-8-12)16(19)20-14-5-3-2-4-6-14/h2-10,15,18H,1H2. The van der Waals surface area contributed by atoms with Crippen LogP contribution in [0.3, 0.4) is 0 Å². The van der Waals surface area contributed by atoms with E-state index in [4.69, 9.17) is 11.6 Å². The molecule has 0 aliphatic carbocycles. The second-order valence-electron chi connectivity index (χ2n) is 4.18. The van der Waals surface area contributed by atoms with Gasteiger partial charge in [-0.3, -0.25) is 4.79 Å². The summed E-state index contributed by atoms with van der Waals surface area (Å²) in [7, 11) is 0. The Bertz CT molecular complexity index is 608. The summed E-state index contributed by atoms with van der Waals surface area (Å²) in [6, 6.07) is 16.0. The fraction of sp³-hybridized carbons (Fsp3) is 0.0625. The highest BCUT2D eigenvalue weighted by atomic mass is 35.5. The van der Waals surface area contributed by atoms with Crippen LogP contribution in [0.2, 0.25) is 5.02 Å². The molecular formula is C16H13ClO2S. The minimum atomic E-state index is -1.02. The molecule has 0 bridgehead atoms. The third-order valence-corrected chi connectivity index (χ3v) is 3.94. The molecule has 0 amide bonds. The first-order valence-corrected chi connectivity index (χ1v) is 7.17. The van der Waals surface area contributed by atoms with Gasteiger partial charge in [-0.25, -0.2) is 0 Å². The van der Waals surface area contributed by atoms with Gasteiger partial charge in [0.25, 0.3) is 0 Å². The molecule has 102 valence electrons. The fourth-order valence-electron chi connectivity index (χ4n) is 1.62. The molecule has 0 radical (unpaired) electrons. The van der Waals surface area contributed by atoms with Gasteiger partial charge in [0.1, 0.15) is 6.10 Å². The SMILES string of the molecule is C=C(C(=O)Sc1ccccc1)C(O)c1ccc(Cl)cc1. The predicted molar refractivity (Wildman–Crippen MR) is 82.9 cm³/mol. The van der Waals surface area contributed by atoms with E-state index in [1.807, 2.05) is 30.3 Å².